The van der Waals surface area contributed by atoms with Crippen LogP contribution in [0.5, 0.6) is 0 Å². The molecule has 0 bridgehead atoms. The summed E-state index contributed by atoms with van der Waals surface area (Å²) in [7, 11) is 0. The molecule has 3 aromatic heterocycles. The fourth-order valence-corrected chi connectivity index (χ4v) is 9.70. The minimum absolute atomic E-state index is 0. The first kappa shape index (κ1) is 29.5. The average Bonchev–Trinajstić information content (AvgIpc) is 3.53. The molecule has 0 aliphatic heterocycles. The molecule has 3 heterocycles. The number of aromatic nitrogens is 2. The number of benzene rings is 5. The molecule has 3 nitrogen and oxygen atoms in total. The van der Waals surface area contributed by atoms with Crippen LogP contribution in [0, 0.1) is 18.1 Å². The van der Waals surface area contributed by atoms with Crippen LogP contribution in [0.1, 0.15) is 52.9 Å². The van der Waals surface area contributed by atoms with Crippen molar-refractivity contribution >= 4 is 61.1 Å². The third-order valence-corrected chi connectivity index (χ3v) is 13.0. The van der Waals surface area contributed by atoms with Crippen LogP contribution in [-0.2, 0) is 26.5 Å². The first-order valence-electron chi connectivity index (χ1n) is 20.0. The van der Waals surface area contributed by atoms with E-state index in [-0.39, 0.29) is 49.6 Å². The van der Waals surface area contributed by atoms with Crippen LogP contribution in [-0.4, -0.2) is 23.2 Å². The Kier molecular flexibility index (Phi) is 8.82. The van der Waals surface area contributed by atoms with Crippen molar-refractivity contribution < 1.29 is 32.7 Å². The van der Waals surface area contributed by atoms with Crippen LogP contribution in [0.25, 0.3) is 66.0 Å². The fraction of sp³-hybridized carbons (Fsp3) is 0.217. The summed E-state index contributed by atoms with van der Waals surface area (Å²) in [6.07, 6.45) is -0.344. The van der Waals surface area contributed by atoms with Gasteiger partial charge >= 0.3 is 120 Å². The molecule has 0 amide bonds. The van der Waals surface area contributed by atoms with Crippen molar-refractivity contribution in [3.05, 3.63) is 139 Å². The first-order chi connectivity index (χ1) is 26.4. The molecule has 0 aliphatic rings. The zero-order valence-corrected chi connectivity index (χ0v) is 34.4. The Bertz CT molecular complexity index is 2770. The molecule has 1 radical (unpaired) electrons. The van der Waals surface area contributed by atoms with Crippen LogP contribution in [0.3, 0.4) is 0 Å². The molecule has 0 atom stereocenters. The van der Waals surface area contributed by atoms with Crippen LogP contribution >= 0.6 is 0 Å². The maximum absolute atomic E-state index is 8.82. The fourth-order valence-electron chi connectivity index (χ4n) is 6.38. The SMILES string of the molecule is [2H]C(C)(C)c1cc(-c2[c-]cccc2)nc[c]1[Ge]([CH3])([CH3])[CH3].[2H]c1nc(-c2[c-]ccc3c2oc2cc4c(ccc5ccccc54)cc23)c([2H])c(C([2H])([2H])C(C)C)c1[2H].[Ir]. The Morgan fingerprint density at radius 3 is 2.33 bits per heavy atom. The molecule has 0 unspecified atom stereocenters. The monoisotopic (exact) mass is 913 g/mol. The number of furan rings is 1. The summed E-state index contributed by atoms with van der Waals surface area (Å²) in [5.74, 6) is 5.95. The van der Waals surface area contributed by atoms with Gasteiger partial charge < -0.3 is 9.40 Å². The topological polar surface area (TPSA) is 38.9 Å². The van der Waals surface area contributed by atoms with Crippen molar-refractivity contribution in [3.8, 4) is 22.5 Å². The Morgan fingerprint density at radius 2 is 1.59 bits per heavy atom. The molecule has 0 spiro atoms. The predicted molar refractivity (Wildman–Crippen MR) is 215 cm³/mol. The smallest absolute Gasteiger partial charge is 0.121 e. The molecule has 51 heavy (non-hydrogen) atoms. The quantitative estimate of drug-likeness (QED) is 0.0948. The molecular formula is C46H44GeIrN2O-2. The number of rotatable bonds is 6. The summed E-state index contributed by atoms with van der Waals surface area (Å²) >= 11 is -2.03. The van der Waals surface area contributed by atoms with E-state index in [1.807, 2.05) is 68.6 Å². The molecule has 259 valence electrons. The third kappa shape index (κ3) is 7.75. The van der Waals surface area contributed by atoms with Crippen molar-refractivity contribution in [2.45, 2.75) is 57.2 Å². The third-order valence-electron chi connectivity index (χ3n) is 8.79. The summed E-state index contributed by atoms with van der Waals surface area (Å²) in [4.78, 5) is 8.85. The Morgan fingerprint density at radius 1 is 0.804 bits per heavy atom. The van der Waals surface area contributed by atoms with Gasteiger partial charge in [0.15, 0.2) is 0 Å². The summed E-state index contributed by atoms with van der Waals surface area (Å²) in [6.45, 7) is 7.31. The molecule has 0 saturated carbocycles. The van der Waals surface area contributed by atoms with E-state index < -0.39 is 31.5 Å². The Balaban J connectivity index is 0.000000223. The van der Waals surface area contributed by atoms with E-state index in [0.29, 0.717) is 16.7 Å². The first-order valence-corrected chi connectivity index (χ1v) is 24.4. The van der Waals surface area contributed by atoms with Crippen LogP contribution in [0.15, 0.2) is 120 Å². The molecule has 0 N–H and O–H groups in total. The second-order valence-corrected chi connectivity index (χ2v) is 24.8. The van der Waals surface area contributed by atoms with E-state index in [9.17, 15) is 0 Å². The Labute approximate surface area is 326 Å². The standard InChI is InChI=1S/C29H22NO.C17H22GeN.Ir/c1-18(2)14-19-12-13-30-27(15-19)24-9-5-8-23-26-16-21-11-10-20-6-3-4-7-22(20)25(21)17-28(26)31-29(23)24;1-13(2)15-11-17(14-9-7-6-8-10-14)19-12-16(15)18(3,4)5;/h3-8,10-13,15-18H,14H2,1-2H3;6-9,11-13H,1-5H3;/q2*-1;/i12D,13D,14D2,15D;13D;. The van der Waals surface area contributed by atoms with E-state index in [1.54, 1.807) is 19.9 Å². The van der Waals surface area contributed by atoms with Crippen LogP contribution < -0.4 is 4.40 Å². The van der Waals surface area contributed by atoms with Crippen LogP contribution in [0.4, 0.5) is 0 Å². The molecule has 0 fully saturated rings. The summed E-state index contributed by atoms with van der Waals surface area (Å²) in [6, 6.07) is 35.8. The van der Waals surface area contributed by atoms with Crippen molar-refractivity contribution in [2.24, 2.45) is 5.92 Å². The van der Waals surface area contributed by atoms with E-state index in [1.165, 1.54) is 4.40 Å². The summed E-state index contributed by atoms with van der Waals surface area (Å²) in [5, 5.41) is 6.16. The molecular weight excluding hydrogens is 861 g/mol. The number of hydrogen-bond donors (Lipinski definition) is 0. The van der Waals surface area contributed by atoms with Crippen molar-refractivity contribution in [1.82, 2.24) is 9.97 Å². The number of nitrogens with zero attached hydrogens (tertiary/aromatic N) is 2. The van der Waals surface area contributed by atoms with Gasteiger partial charge in [-0.15, -0.1) is 18.2 Å². The maximum Gasteiger partial charge on any atom is 0.121 e. The van der Waals surface area contributed by atoms with Gasteiger partial charge in [0.1, 0.15) is 5.58 Å². The second kappa shape index (κ2) is 15.3. The minimum atomic E-state index is -2.03. The van der Waals surface area contributed by atoms with E-state index in [4.69, 9.17) is 12.6 Å². The van der Waals surface area contributed by atoms with Gasteiger partial charge in [-0.3, -0.25) is 0 Å². The van der Waals surface area contributed by atoms with E-state index in [0.717, 1.165) is 49.1 Å². The molecule has 0 aliphatic carbocycles. The maximum atomic E-state index is 8.82. The molecule has 5 aromatic carbocycles. The van der Waals surface area contributed by atoms with Crippen molar-refractivity contribution in [2.75, 3.05) is 0 Å². The number of fused-ring (bicyclic) bond motifs is 6. The normalized spacial score (nSPS) is 13.9. The van der Waals surface area contributed by atoms with Crippen molar-refractivity contribution in [1.29, 1.82) is 0 Å². The van der Waals surface area contributed by atoms with Gasteiger partial charge in [-0.05, 0) is 57.7 Å². The van der Waals surface area contributed by atoms with Crippen LogP contribution in [0.2, 0.25) is 17.3 Å². The largest absolute Gasteiger partial charge is 0.501 e. The van der Waals surface area contributed by atoms with Gasteiger partial charge in [0, 0.05) is 34.4 Å². The van der Waals surface area contributed by atoms with Gasteiger partial charge in [0.2, 0.25) is 0 Å². The summed E-state index contributed by atoms with van der Waals surface area (Å²) in [5.41, 5.74) is 4.52. The zero-order valence-electron chi connectivity index (χ0n) is 36.0. The average molecular weight is 912 g/mol. The summed E-state index contributed by atoms with van der Waals surface area (Å²) < 4.78 is 58.6. The predicted octanol–water partition coefficient (Wildman–Crippen LogP) is 12.2. The van der Waals surface area contributed by atoms with E-state index in [2.05, 4.69) is 75.8 Å². The molecule has 0 saturated heterocycles. The Hall–Kier alpha value is -4.09. The van der Waals surface area contributed by atoms with E-state index >= 15 is 0 Å². The molecule has 8 aromatic rings. The second-order valence-electron chi connectivity index (χ2n) is 14.2. The zero-order chi connectivity index (χ0) is 40.3. The molecule has 5 heteroatoms. The van der Waals surface area contributed by atoms with Crippen molar-refractivity contribution in [3.63, 3.8) is 0 Å². The van der Waals surface area contributed by atoms with Gasteiger partial charge in [-0.25, -0.2) is 0 Å². The van der Waals surface area contributed by atoms with Gasteiger partial charge in [0.05, 0.1) is 9.70 Å². The van der Waals surface area contributed by atoms with Gasteiger partial charge in [0.25, 0.3) is 0 Å². The van der Waals surface area contributed by atoms with Gasteiger partial charge in [-0.1, -0.05) is 72.8 Å². The van der Waals surface area contributed by atoms with Gasteiger partial charge in [-0.2, -0.15) is 0 Å². The number of hydrogen-bond acceptors (Lipinski definition) is 3. The minimum Gasteiger partial charge on any atom is -0.501 e. The molecule has 8 rings (SSSR count). The number of pyridine rings is 2.